The molecule has 0 atom stereocenters. The van der Waals surface area contributed by atoms with Crippen LogP contribution in [-0.4, -0.2) is 30.9 Å². The van der Waals surface area contributed by atoms with Gasteiger partial charge in [-0.2, -0.15) is 0 Å². The lowest BCUT2D eigenvalue weighted by molar-refractivity contribution is 0.0953. The number of nitrogens with two attached hydrogens (primary N) is 1. The molecule has 0 unspecified atom stereocenters. The van der Waals surface area contributed by atoms with Crippen LogP contribution in [0.15, 0.2) is 23.1 Å². The zero-order valence-corrected chi connectivity index (χ0v) is 12.0. The molecular weight excluding hydrogens is 260 g/mol. The summed E-state index contributed by atoms with van der Waals surface area (Å²) in [6.45, 7) is 4.15. The predicted molar refractivity (Wildman–Crippen MR) is 78.6 cm³/mol. The molecule has 1 amide bonds. The number of ether oxygens (including phenoxy) is 1. The van der Waals surface area contributed by atoms with Crippen molar-refractivity contribution in [3.8, 4) is 0 Å². The highest BCUT2D eigenvalue weighted by molar-refractivity contribution is 8.00. The SMILES string of the molecule is CCNC(=O)c1ccc(N)cc1SC1CCOCC1. The highest BCUT2D eigenvalue weighted by atomic mass is 32.2. The van der Waals surface area contributed by atoms with E-state index in [4.69, 9.17) is 10.5 Å². The van der Waals surface area contributed by atoms with Crippen molar-refractivity contribution in [1.82, 2.24) is 5.32 Å². The Balaban J connectivity index is 2.16. The number of carbonyl (C=O) groups is 1. The molecule has 1 aromatic rings. The van der Waals surface area contributed by atoms with Gasteiger partial charge in [-0.3, -0.25) is 4.79 Å². The Kier molecular flexibility index (Phi) is 5.10. The van der Waals surface area contributed by atoms with E-state index in [1.54, 1.807) is 17.8 Å². The zero-order chi connectivity index (χ0) is 13.7. The third-order valence-corrected chi connectivity index (χ3v) is 4.45. The molecule has 4 nitrogen and oxygen atoms in total. The Labute approximate surface area is 118 Å². The maximum Gasteiger partial charge on any atom is 0.252 e. The second-order valence-electron chi connectivity index (χ2n) is 4.54. The van der Waals surface area contributed by atoms with Gasteiger partial charge >= 0.3 is 0 Å². The first kappa shape index (κ1) is 14.2. The van der Waals surface area contributed by atoms with Crippen molar-refractivity contribution < 1.29 is 9.53 Å². The maximum absolute atomic E-state index is 12.0. The number of hydrogen-bond acceptors (Lipinski definition) is 4. The predicted octanol–water partition coefficient (Wildman–Crippen LogP) is 2.29. The fourth-order valence-corrected chi connectivity index (χ4v) is 3.33. The smallest absolute Gasteiger partial charge is 0.252 e. The van der Waals surface area contributed by atoms with Crippen molar-refractivity contribution in [2.45, 2.75) is 29.9 Å². The minimum Gasteiger partial charge on any atom is -0.399 e. The van der Waals surface area contributed by atoms with Gasteiger partial charge in [0.25, 0.3) is 5.91 Å². The maximum atomic E-state index is 12.0. The average molecular weight is 280 g/mol. The van der Waals surface area contributed by atoms with Crippen LogP contribution in [0.25, 0.3) is 0 Å². The number of amides is 1. The summed E-state index contributed by atoms with van der Waals surface area (Å²) in [6, 6.07) is 5.48. The lowest BCUT2D eigenvalue weighted by Crippen LogP contribution is -2.24. The zero-order valence-electron chi connectivity index (χ0n) is 11.1. The third-order valence-electron chi connectivity index (χ3n) is 3.05. The lowest BCUT2D eigenvalue weighted by atomic mass is 10.2. The van der Waals surface area contributed by atoms with Gasteiger partial charge in [0, 0.05) is 35.6 Å². The van der Waals surface area contributed by atoms with Crippen LogP contribution in [-0.2, 0) is 4.74 Å². The van der Waals surface area contributed by atoms with E-state index in [0.717, 1.165) is 31.0 Å². The van der Waals surface area contributed by atoms with Crippen molar-refractivity contribution in [3.63, 3.8) is 0 Å². The van der Waals surface area contributed by atoms with Crippen molar-refractivity contribution in [2.75, 3.05) is 25.5 Å². The molecule has 3 N–H and O–H groups in total. The normalized spacial score (nSPS) is 16.3. The standard InChI is InChI=1S/C14H20N2O2S/c1-2-16-14(17)12-4-3-10(15)9-13(12)19-11-5-7-18-8-6-11/h3-4,9,11H,2,5-8,15H2,1H3,(H,16,17). The van der Waals surface area contributed by atoms with E-state index in [9.17, 15) is 4.79 Å². The molecule has 0 spiro atoms. The fourth-order valence-electron chi connectivity index (χ4n) is 2.05. The highest BCUT2D eigenvalue weighted by Crippen LogP contribution is 2.33. The molecule has 2 rings (SSSR count). The molecule has 0 bridgehead atoms. The summed E-state index contributed by atoms with van der Waals surface area (Å²) in [4.78, 5) is 13.0. The molecule has 0 saturated carbocycles. The number of anilines is 1. The highest BCUT2D eigenvalue weighted by Gasteiger charge is 2.19. The van der Waals surface area contributed by atoms with Gasteiger partial charge in [0.1, 0.15) is 0 Å². The summed E-state index contributed by atoms with van der Waals surface area (Å²) >= 11 is 1.74. The van der Waals surface area contributed by atoms with Gasteiger partial charge < -0.3 is 15.8 Å². The molecule has 104 valence electrons. The summed E-state index contributed by atoms with van der Waals surface area (Å²) in [7, 11) is 0. The van der Waals surface area contributed by atoms with Gasteiger partial charge in [0.05, 0.1) is 5.56 Å². The molecule has 0 aromatic heterocycles. The van der Waals surface area contributed by atoms with Crippen LogP contribution in [0.2, 0.25) is 0 Å². The molecule has 1 fully saturated rings. The third kappa shape index (κ3) is 3.88. The summed E-state index contributed by atoms with van der Waals surface area (Å²) < 4.78 is 5.36. The summed E-state index contributed by atoms with van der Waals surface area (Å²) in [5.74, 6) is -0.0305. The molecule has 19 heavy (non-hydrogen) atoms. The van der Waals surface area contributed by atoms with Crippen molar-refractivity contribution in [2.24, 2.45) is 0 Å². The van der Waals surface area contributed by atoms with Crippen LogP contribution in [0.3, 0.4) is 0 Å². The molecule has 0 radical (unpaired) electrons. The monoisotopic (exact) mass is 280 g/mol. The number of thioether (sulfide) groups is 1. The van der Waals surface area contributed by atoms with Crippen molar-refractivity contribution >= 4 is 23.4 Å². The number of nitrogens with one attached hydrogen (secondary N) is 1. The van der Waals surface area contributed by atoms with Gasteiger partial charge in [-0.25, -0.2) is 0 Å². The van der Waals surface area contributed by atoms with Gasteiger partial charge in [-0.1, -0.05) is 0 Å². The molecule has 1 heterocycles. The molecule has 5 heteroatoms. The van der Waals surface area contributed by atoms with E-state index in [0.29, 0.717) is 23.0 Å². The van der Waals surface area contributed by atoms with Crippen molar-refractivity contribution in [3.05, 3.63) is 23.8 Å². The quantitative estimate of drug-likeness (QED) is 0.831. The van der Waals surface area contributed by atoms with Crippen LogP contribution in [0.1, 0.15) is 30.1 Å². The Morgan fingerprint density at radius 1 is 1.47 bits per heavy atom. The number of rotatable bonds is 4. The van der Waals surface area contributed by atoms with Gasteiger partial charge in [0.2, 0.25) is 0 Å². The Hall–Kier alpha value is -1.20. The van der Waals surface area contributed by atoms with Gasteiger partial charge in [0.15, 0.2) is 0 Å². The van der Waals surface area contributed by atoms with Crippen LogP contribution in [0.4, 0.5) is 5.69 Å². The van der Waals surface area contributed by atoms with Gasteiger partial charge in [-0.05, 0) is 38.0 Å². The first-order valence-corrected chi connectivity index (χ1v) is 7.50. The van der Waals surface area contributed by atoms with E-state index < -0.39 is 0 Å². The Bertz CT molecular complexity index is 445. The minimum atomic E-state index is -0.0305. The van der Waals surface area contributed by atoms with Crippen LogP contribution in [0.5, 0.6) is 0 Å². The van der Waals surface area contributed by atoms with E-state index >= 15 is 0 Å². The number of nitrogen functional groups attached to an aromatic ring is 1. The van der Waals surface area contributed by atoms with E-state index in [-0.39, 0.29) is 5.91 Å². The number of carbonyl (C=O) groups excluding carboxylic acids is 1. The van der Waals surface area contributed by atoms with Crippen LogP contribution >= 0.6 is 11.8 Å². The summed E-state index contributed by atoms with van der Waals surface area (Å²) in [6.07, 6.45) is 2.04. The largest absolute Gasteiger partial charge is 0.399 e. The summed E-state index contributed by atoms with van der Waals surface area (Å²) in [5, 5.41) is 3.34. The second kappa shape index (κ2) is 6.82. The lowest BCUT2D eigenvalue weighted by Gasteiger charge is -2.22. The van der Waals surface area contributed by atoms with Crippen LogP contribution in [0, 0.1) is 0 Å². The Morgan fingerprint density at radius 2 is 2.21 bits per heavy atom. The molecule has 0 aliphatic carbocycles. The van der Waals surface area contributed by atoms with E-state index in [2.05, 4.69) is 5.32 Å². The van der Waals surface area contributed by atoms with Gasteiger partial charge in [-0.15, -0.1) is 11.8 Å². The topological polar surface area (TPSA) is 64.4 Å². The molecule has 1 saturated heterocycles. The molecule has 1 aliphatic rings. The van der Waals surface area contributed by atoms with Crippen molar-refractivity contribution in [1.29, 1.82) is 0 Å². The molecule has 1 aromatic carbocycles. The molecular formula is C14H20N2O2S. The average Bonchev–Trinajstić information content (AvgIpc) is 2.40. The fraction of sp³-hybridized carbons (Fsp3) is 0.500. The second-order valence-corrected chi connectivity index (χ2v) is 5.89. The molecule has 1 aliphatic heterocycles. The van der Waals surface area contributed by atoms with E-state index in [1.807, 2.05) is 19.1 Å². The number of benzene rings is 1. The number of hydrogen-bond donors (Lipinski definition) is 2. The first-order chi connectivity index (χ1) is 9.20. The first-order valence-electron chi connectivity index (χ1n) is 6.63. The Morgan fingerprint density at radius 3 is 2.89 bits per heavy atom. The minimum absolute atomic E-state index is 0.0305. The van der Waals surface area contributed by atoms with E-state index in [1.165, 1.54) is 0 Å². The summed E-state index contributed by atoms with van der Waals surface area (Å²) in [5.41, 5.74) is 7.25. The van der Waals surface area contributed by atoms with Crippen LogP contribution < -0.4 is 11.1 Å².